The molecule has 0 aliphatic heterocycles. The maximum atomic E-state index is 13.6. The molecule has 1 unspecified atom stereocenters. The number of fused-ring (bicyclic) bond motifs is 1. The number of ether oxygens (including phenoxy) is 1. The first-order chi connectivity index (χ1) is 15.5. The number of carbonyl (C=O) groups is 1. The average Bonchev–Trinajstić information content (AvgIpc) is 3.31. The van der Waals surface area contributed by atoms with Gasteiger partial charge in [-0.15, -0.1) is 0 Å². The van der Waals surface area contributed by atoms with E-state index in [1.807, 2.05) is 54.9 Å². The highest BCUT2D eigenvalue weighted by atomic mass is 16.5. The predicted molar refractivity (Wildman–Crippen MR) is 122 cm³/mol. The quantitative estimate of drug-likeness (QED) is 0.438. The molecule has 164 valence electrons. The molecule has 1 amide bonds. The Kier molecular flexibility index (Phi) is 5.17. The number of rotatable bonds is 7. The summed E-state index contributed by atoms with van der Waals surface area (Å²) in [5.74, 6) is 1.72. The Hall–Kier alpha value is -3.61. The van der Waals surface area contributed by atoms with Gasteiger partial charge in [-0.1, -0.05) is 12.1 Å². The van der Waals surface area contributed by atoms with E-state index in [4.69, 9.17) is 14.1 Å². The number of carbonyl (C=O) groups excluding carboxylic acids is 1. The van der Waals surface area contributed by atoms with Crippen molar-refractivity contribution in [3.8, 4) is 17.2 Å². The maximum Gasteiger partial charge on any atom is 0.252 e. The molecular formula is C25H26N4O3. The van der Waals surface area contributed by atoms with Crippen molar-refractivity contribution < 1.29 is 13.9 Å². The van der Waals surface area contributed by atoms with Crippen molar-refractivity contribution in [2.75, 3.05) is 7.11 Å². The van der Waals surface area contributed by atoms with Gasteiger partial charge < -0.3 is 14.5 Å². The van der Waals surface area contributed by atoms with E-state index < -0.39 is 0 Å². The number of nitrogens with zero attached hydrogens (tertiary/aromatic N) is 3. The van der Waals surface area contributed by atoms with Gasteiger partial charge in [0, 0.05) is 6.04 Å². The van der Waals surface area contributed by atoms with Gasteiger partial charge in [0.25, 0.3) is 5.91 Å². The summed E-state index contributed by atoms with van der Waals surface area (Å²) in [4.78, 5) is 18.3. The lowest BCUT2D eigenvalue weighted by atomic mass is 10.0. The summed E-state index contributed by atoms with van der Waals surface area (Å²) in [6, 6.07) is 13.4. The monoisotopic (exact) mass is 430 g/mol. The molecule has 0 spiro atoms. The van der Waals surface area contributed by atoms with Crippen molar-refractivity contribution in [3.05, 3.63) is 66.1 Å². The molecule has 7 heteroatoms. The van der Waals surface area contributed by atoms with Crippen molar-refractivity contribution in [1.29, 1.82) is 0 Å². The largest absolute Gasteiger partial charge is 0.497 e. The zero-order chi connectivity index (χ0) is 22.2. The minimum atomic E-state index is -0.138. The zero-order valence-electron chi connectivity index (χ0n) is 18.4. The topological polar surface area (TPSA) is 82.2 Å². The Balaban J connectivity index is 1.54. The number of methoxy groups -OCH3 is 1. The smallest absolute Gasteiger partial charge is 0.252 e. The summed E-state index contributed by atoms with van der Waals surface area (Å²) >= 11 is 0. The molecule has 32 heavy (non-hydrogen) atoms. The Morgan fingerprint density at radius 3 is 2.62 bits per heavy atom. The van der Waals surface area contributed by atoms with Crippen LogP contribution in [0, 0.1) is 5.92 Å². The minimum absolute atomic E-state index is 0.0520. The second kappa shape index (κ2) is 8.15. The van der Waals surface area contributed by atoms with Crippen LogP contribution in [0.4, 0.5) is 0 Å². The van der Waals surface area contributed by atoms with E-state index in [-0.39, 0.29) is 18.0 Å². The highest BCUT2D eigenvalue weighted by molar-refractivity contribution is 6.06. The van der Waals surface area contributed by atoms with Crippen LogP contribution in [0.2, 0.25) is 0 Å². The number of pyridine rings is 1. The summed E-state index contributed by atoms with van der Waals surface area (Å²) in [6.07, 6.45) is 5.54. The number of nitrogens with one attached hydrogen (secondary N) is 1. The van der Waals surface area contributed by atoms with Crippen LogP contribution >= 0.6 is 0 Å². The second-order valence-corrected chi connectivity index (χ2v) is 8.51. The summed E-state index contributed by atoms with van der Waals surface area (Å²) in [6.45, 7) is 4.08. The van der Waals surface area contributed by atoms with E-state index in [1.54, 1.807) is 25.6 Å². The van der Waals surface area contributed by atoms with Crippen molar-refractivity contribution in [1.82, 2.24) is 20.1 Å². The SMILES string of the molecule is COc1ccc(C(NC(=O)c2cc(-c3ccco3)nc3c2cnn3C(C)C)C2CC2)cc1. The Morgan fingerprint density at radius 2 is 2.00 bits per heavy atom. The van der Waals surface area contributed by atoms with Crippen molar-refractivity contribution >= 4 is 16.9 Å². The van der Waals surface area contributed by atoms with Crippen molar-refractivity contribution in [3.63, 3.8) is 0 Å². The van der Waals surface area contributed by atoms with Crippen LogP contribution in [0.3, 0.4) is 0 Å². The summed E-state index contributed by atoms with van der Waals surface area (Å²) < 4.78 is 12.7. The third-order valence-electron chi connectivity index (χ3n) is 5.93. The number of aromatic nitrogens is 3. The number of amides is 1. The summed E-state index contributed by atoms with van der Waals surface area (Å²) in [7, 11) is 1.65. The molecule has 5 rings (SSSR count). The first-order valence-electron chi connectivity index (χ1n) is 10.9. The van der Waals surface area contributed by atoms with Crippen LogP contribution in [-0.4, -0.2) is 27.8 Å². The second-order valence-electron chi connectivity index (χ2n) is 8.51. The highest BCUT2D eigenvalue weighted by Crippen LogP contribution is 2.41. The summed E-state index contributed by atoms with van der Waals surface area (Å²) in [5.41, 5.74) is 2.91. The van der Waals surface area contributed by atoms with E-state index in [0.29, 0.717) is 28.6 Å². The van der Waals surface area contributed by atoms with Gasteiger partial charge in [-0.2, -0.15) is 5.10 Å². The number of hydrogen-bond donors (Lipinski definition) is 1. The van der Waals surface area contributed by atoms with E-state index >= 15 is 0 Å². The number of hydrogen-bond acceptors (Lipinski definition) is 5. The fourth-order valence-electron chi connectivity index (χ4n) is 4.07. The lowest BCUT2D eigenvalue weighted by Crippen LogP contribution is -2.30. The van der Waals surface area contributed by atoms with Crippen molar-refractivity contribution in [2.24, 2.45) is 5.92 Å². The summed E-state index contributed by atoms with van der Waals surface area (Å²) in [5, 5.41) is 8.50. The highest BCUT2D eigenvalue weighted by Gasteiger charge is 2.34. The van der Waals surface area contributed by atoms with Gasteiger partial charge in [0.2, 0.25) is 0 Å². The van der Waals surface area contributed by atoms with Crippen molar-refractivity contribution in [2.45, 2.75) is 38.8 Å². The van der Waals surface area contributed by atoms with E-state index in [2.05, 4.69) is 10.4 Å². The standard InChI is InChI=1S/C25H26N4O3/c1-15(2)29-24-20(14-26-29)19(13-21(27-24)22-5-4-12-32-22)25(30)28-23(16-6-7-16)17-8-10-18(31-3)11-9-17/h4-5,8-16,23H,6-7H2,1-3H3,(H,28,30). The van der Waals surface area contributed by atoms with Gasteiger partial charge in [-0.25, -0.2) is 9.67 Å². The van der Waals surface area contributed by atoms with Crippen LogP contribution < -0.4 is 10.1 Å². The first kappa shape index (κ1) is 20.3. The number of furan rings is 1. The molecule has 3 heterocycles. The number of benzene rings is 1. The van der Waals surface area contributed by atoms with Gasteiger partial charge >= 0.3 is 0 Å². The van der Waals surface area contributed by atoms with Gasteiger partial charge in [-0.05, 0) is 68.5 Å². The Bertz CT molecular complexity index is 1240. The first-order valence-corrected chi connectivity index (χ1v) is 10.9. The molecule has 3 aromatic heterocycles. The molecule has 7 nitrogen and oxygen atoms in total. The fourth-order valence-corrected chi connectivity index (χ4v) is 4.07. The van der Waals surface area contributed by atoms with Crippen LogP contribution in [0.1, 0.15) is 54.7 Å². The molecule has 0 saturated heterocycles. The van der Waals surface area contributed by atoms with Gasteiger partial charge in [-0.3, -0.25) is 4.79 Å². The van der Waals surface area contributed by atoms with Crippen LogP contribution in [0.5, 0.6) is 5.75 Å². The molecule has 1 saturated carbocycles. The van der Waals surface area contributed by atoms with Crippen LogP contribution in [0.15, 0.2) is 59.3 Å². The van der Waals surface area contributed by atoms with E-state index in [1.165, 1.54) is 0 Å². The molecule has 0 radical (unpaired) electrons. The third kappa shape index (κ3) is 3.75. The fraction of sp³-hybridized carbons (Fsp3) is 0.320. The molecule has 1 aliphatic rings. The molecule has 1 aromatic carbocycles. The van der Waals surface area contributed by atoms with Crippen LogP contribution in [-0.2, 0) is 0 Å². The molecule has 1 N–H and O–H groups in total. The maximum absolute atomic E-state index is 13.6. The van der Waals surface area contributed by atoms with Gasteiger partial charge in [0.05, 0.1) is 36.6 Å². The Labute approximate surface area is 186 Å². The average molecular weight is 431 g/mol. The third-order valence-corrected chi connectivity index (χ3v) is 5.93. The molecule has 1 atom stereocenters. The Morgan fingerprint density at radius 1 is 1.22 bits per heavy atom. The molecule has 1 aliphatic carbocycles. The molecule has 0 bridgehead atoms. The molecular weight excluding hydrogens is 404 g/mol. The lowest BCUT2D eigenvalue weighted by Gasteiger charge is -2.20. The lowest BCUT2D eigenvalue weighted by molar-refractivity contribution is 0.0933. The zero-order valence-corrected chi connectivity index (χ0v) is 18.4. The van der Waals surface area contributed by atoms with Crippen LogP contribution in [0.25, 0.3) is 22.5 Å². The normalized spacial score (nSPS) is 14.6. The predicted octanol–water partition coefficient (Wildman–Crippen LogP) is 5.16. The van der Waals surface area contributed by atoms with E-state index in [9.17, 15) is 4.79 Å². The minimum Gasteiger partial charge on any atom is -0.497 e. The van der Waals surface area contributed by atoms with E-state index in [0.717, 1.165) is 29.5 Å². The molecule has 1 fully saturated rings. The molecule has 4 aromatic rings. The van der Waals surface area contributed by atoms with Gasteiger partial charge in [0.15, 0.2) is 11.4 Å². The van der Waals surface area contributed by atoms with Gasteiger partial charge in [0.1, 0.15) is 11.4 Å².